The summed E-state index contributed by atoms with van der Waals surface area (Å²) in [4.78, 5) is 0. The molecule has 0 unspecified atom stereocenters. The van der Waals surface area contributed by atoms with E-state index in [1.165, 1.54) is 25.7 Å². The molecule has 1 saturated carbocycles. The number of aromatic nitrogens is 4. The van der Waals surface area contributed by atoms with Gasteiger partial charge in [-0.2, -0.15) is 0 Å². The molecule has 2 N–H and O–H groups in total. The topological polar surface area (TPSA) is 69.6 Å². The first-order valence-electron chi connectivity index (χ1n) is 6.96. The molecule has 6 heteroatoms. The predicted molar refractivity (Wildman–Crippen MR) is 79.3 cm³/mol. The first-order chi connectivity index (χ1) is 9.65. The Morgan fingerprint density at radius 2 is 2.20 bits per heavy atom. The van der Waals surface area contributed by atoms with E-state index in [4.69, 9.17) is 17.3 Å². The summed E-state index contributed by atoms with van der Waals surface area (Å²) in [5.41, 5.74) is 7.58. The Kier molecular flexibility index (Phi) is 3.38. The molecule has 1 aromatic heterocycles. The van der Waals surface area contributed by atoms with E-state index in [9.17, 15) is 0 Å². The Balaban J connectivity index is 1.92. The quantitative estimate of drug-likeness (QED) is 0.859. The minimum Gasteiger partial charge on any atom is -0.398 e. The van der Waals surface area contributed by atoms with Gasteiger partial charge in [-0.05, 0) is 47.2 Å². The van der Waals surface area contributed by atoms with Crippen molar-refractivity contribution in [1.29, 1.82) is 0 Å². The highest BCUT2D eigenvalue weighted by Crippen LogP contribution is 2.51. The standard InChI is InChI=1S/C14H18ClN5/c1-2-6-14(7-8-14)9-20-13(17-18-19-20)10-4-3-5-11(16)12(10)15/h3-5H,2,6-9,16H2,1H3. The second-order valence-electron chi connectivity index (χ2n) is 5.62. The lowest BCUT2D eigenvalue weighted by Gasteiger charge is -2.15. The molecule has 3 rings (SSSR count). The number of benzene rings is 1. The zero-order valence-electron chi connectivity index (χ0n) is 11.5. The van der Waals surface area contributed by atoms with Crippen LogP contribution in [0.25, 0.3) is 11.4 Å². The van der Waals surface area contributed by atoms with E-state index in [-0.39, 0.29) is 0 Å². The van der Waals surface area contributed by atoms with Crippen LogP contribution in [-0.4, -0.2) is 20.2 Å². The molecule has 0 atom stereocenters. The van der Waals surface area contributed by atoms with Gasteiger partial charge in [0.05, 0.1) is 17.3 Å². The van der Waals surface area contributed by atoms with Crippen molar-refractivity contribution in [2.75, 3.05) is 5.73 Å². The zero-order valence-corrected chi connectivity index (χ0v) is 12.3. The zero-order chi connectivity index (χ0) is 14.2. The third-order valence-electron chi connectivity index (χ3n) is 4.02. The normalized spacial score (nSPS) is 16.3. The molecule has 0 bridgehead atoms. The summed E-state index contributed by atoms with van der Waals surface area (Å²) >= 11 is 6.27. The summed E-state index contributed by atoms with van der Waals surface area (Å²) in [5, 5.41) is 12.6. The Bertz CT molecular complexity index is 618. The van der Waals surface area contributed by atoms with Gasteiger partial charge in [-0.1, -0.05) is 31.0 Å². The molecule has 20 heavy (non-hydrogen) atoms. The number of hydrogen-bond donors (Lipinski definition) is 1. The van der Waals surface area contributed by atoms with E-state index in [2.05, 4.69) is 22.4 Å². The summed E-state index contributed by atoms with van der Waals surface area (Å²) in [6, 6.07) is 5.55. The summed E-state index contributed by atoms with van der Waals surface area (Å²) < 4.78 is 1.86. The van der Waals surface area contributed by atoms with Gasteiger partial charge < -0.3 is 5.73 Å². The number of nitrogens with zero attached hydrogens (tertiary/aromatic N) is 4. The van der Waals surface area contributed by atoms with Crippen LogP contribution in [0.15, 0.2) is 18.2 Å². The summed E-state index contributed by atoms with van der Waals surface area (Å²) in [6.07, 6.45) is 4.92. The minimum atomic E-state index is 0.381. The van der Waals surface area contributed by atoms with Gasteiger partial charge in [-0.3, -0.25) is 0 Å². The molecule has 1 aromatic carbocycles. The molecule has 1 fully saturated rings. The first kappa shape index (κ1) is 13.4. The van der Waals surface area contributed by atoms with Gasteiger partial charge in [-0.15, -0.1) is 5.10 Å². The van der Waals surface area contributed by atoms with Crippen molar-refractivity contribution in [1.82, 2.24) is 20.2 Å². The van der Waals surface area contributed by atoms with Crippen LogP contribution >= 0.6 is 11.6 Å². The van der Waals surface area contributed by atoms with Crippen molar-refractivity contribution in [3.05, 3.63) is 23.2 Å². The molecule has 0 amide bonds. The number of rotatable bonds is 5. The van der Waals surface area contributed by atoms with Crippen molar-refractivity contribution in [3.63, 3.8) is 0 Å². The van der Waals surface area contributed by atoms with Crippen molar-refractivity contribution in [3.8, 4) is 11.4 Å². The van der Waals surface area contributed by atoms with E-state index in [0.717, 1.165) is 12.1 Å². The maximum absolute atomic E-state index is 6.27. The van der Waals surface area contributed by atoms with Gasteiger partial charge in [0.15, 0.2) is 5.82 Å². The summed E-state index contributed by atoms with van der Waals surface area (Å²) in [7, 11) is 0. The second kappa shape index (κ2) is 5.05. The van der Waals surface area contributed by atoms with Gasteiger partial charge in [0.25, 0.3) is 0 Å². The minimum absolute atomic E-state index is 0.381. The fourth-order valence-corrected chi connectivity index (χ4v) is 2.95. The first-order valence-corrected chi connectivity index (χ1v) is 7.33. The molecular formula is C14H18ClN5. The maximum atomic E-state index is 6.27. The highest BCUT2D eigenvalue weighted by molar-refractivity contribution is 6.35. The van der Waals surface area contributed by atoms with Crippen molar-refractivity contribution in [2.45, 2.75) is 39.2 Å². The van der Waals surface area contributed by atoms with Crippen LogP contribution in [0.4, 0.5) is 5.69 Å². The molecule has 0 spiro atoms. The summed E-state index contributed by atoms with van der Waals surface area (Å²) in [6.45, 7) is 3.07. The van der Waals surface area contributed by atoms with Crippen LogP contribution in [0, 0.1) is 5.41 Å². The third-order valence-corrected chi connectivity index (χ3v) is 4.45. The molecule has 2 aromatic rings. The number of halogens is 1. The van der Waals surface area contributed by atoms with E-state index >= 15 is 0 Å². The SMILES string of the molecule is CCCC1(Cn2nnnc2-c2cccc(N)c2Cl)CC1. The number of anilines is 1. The van der Waals surface area contributed by atoms with Gasteiger partial charge in [-0.25, -0.2) is 4.68 Å². The Morgan fingerprint density at radius 3 is 2.90 bits per heavy atom. The third kappa shape index (κ3) is 2.38. The number of tetrazole rings is 1. The number of hydrogen-bond acceptors (Lipinski definition) is 4. The van der Waals surface area contributed by atoms with Gasteiger partial charge in [0.1, 0.15) is 0 Å². The lowest BCUT2D eigenvalue weighted by molar-refractivity contribution is 0.365. The molecular weight excluding hydrogens is 274 g/mol. The molecule has 1 aliphatic carbocycles. The Morgan fingerprint density at radius 1 is 1.40 bits per heavy atom. The largest absolute Gasteiger partial charge is 0.398 e. The predicted octanol–water partition coefficient (Wildman–Crippen LogP) is 3.16. The average molecular weight is 292 g/mol. The molecule has 0 aliphatic heterocycles. The molecule has 0 radical (unpaired) electrons. The molecule has 5 nitrogen and oxygen atoms in total. The fourth-order valence-electron chi connectivity index (χ4n) is 2.74. The van der Waals surface area contributed by atoms with Crippen molar-refractivity contribution in [2.24, 2.45) is 5.41 Å². The average Bonchev–Trinajstić information content (AvgIpc) is 3.02. The van der Waals surface area contributed by atoms with E-state index in [0.29, 0.717) is 21.9 Å². The monoisotopic (exact) mass is 291 g/mol. The molecule has 106 valence electrons. The van der Waals surface area contributed by atoms with E-state index < -0.39 is 0 Å². The van der Waals surface area contributed by atoms with Gasteiger partial charge >= 0.3 is 0 Å². The molecule has 1 heterocycles. The summed E-state index contributed by atoms with van der Waals surface area (Å²) in [5.74, 6) is 0.699. The number of nitrogen functional groups attached to an aromatic ring is 1. The van der Waals surface area contributed by atoms with Crippen LogP contribution in [0.5, 0.6) is 0 Å². The van der Waals surface area contributed by atoms with E-state index in [1.807, 2.05) is 16.8 Å². The van der Waals surface area contributed by atoms with Gasteiger partial charge in [0, 0.05) is 5.56 Å². The van der Waals surface area contributed by atoms with Crippen molar-refractivity contribution < 1.29 is 0 Å². The smallest absolute Gasteiger partial charge is 0.183 e. The molecule has 0 saturated heterocycles. The highest BCUT2D eigenvalue weighted by Gasteiger charge is 2.42. The number of nitrogens with two attached hydrogens (primary N) is 1. The van der Waals surface area contributed by atoms with Gasteiger partial charge in [0.2, 0.25) is 0 Å². The second-order valence-corrected chi connectivity index (χ2v) is 6.00. The Hall–Kier alpha value is -1.62. The molecule has 1 aliphatic rings. The fraction of sp³-hybridized carbons (Fsp3) is 0.500. The van der Waals surface area contributed by atoms with Crippen molar-refractivity contribution >= 4 is 17.3 Å². The van der Waals surface area contributed by atoms with Crippen LogP contribution in [0.2, 0.25) is 5.02 Å². The maximum Gasteiger partial charge on any atom is 0.183 e. The highest BCUT2D eigenvalue weighted by atomic mass is 35.5. The lowest BCUT2D eigenvalue weighted by Crippen LogP contribution is -2.14. The van der Waals surface area contributed by atoms with Crippen LogP contribution in [-0.2, 0) is 6.54 Å². The van der Waals surface area contributed by atoms with E-state index in [1.54, 1.807) is 6.07 Å². The Labute approximate surface area is 123 Å². The lowest BCUT2D eigenvalue weighted by atomic mass is 10.0. The van der Waals surface area contributed by atoms with Crippen LogP contribution < -0.4 is 5.73 Å². The van der Waals surface area contributed by atoms with Crippen LogP contribution in [0.1, 0.15) is 32.6 Å². The van der Waals surface area contributed by atoms with Crippen LogP contribution in [0.3, 0.4) is 0 Å².